The number of rotatable bonds is 7. The first kappa shape index (κ1) is 24.8. The Balaban J connectivity index is 1.58. The molecule has 0 aromatic heterocycles. The lowest BCUT2D eigenvalue weighted by Crippen LogP contribution is -2.42. The van der Waals surface area contributed by atoms with E-state index in [2.05, 4.69) is 25.7 Å². The summed E-state index contributed by atoms with van der Waals surface area (Å²) in [5.74, 6) is 1.06. The summed E-state index contributed by atoms with van der Waals surface area (Å²) in [6, 6.07) is 8.25. The molecule has 34 heavy (non-hydrogen) atoms. The van der Waals surface area contributed by atoms with Crippen LogP contribution in [-0.4, -0.2) is 18.6 Å². The standard InChI is InChI=1S/C30H40FNO2/c1-20(2)27(22-8-6-5-7-9-22)32-29(33)26-12-10-23-18-24(31)11-13-25(23)28(26)34-19-21-14-16-30(3,4)17-15-21/h10-13,18,21-22,27H,1,5-9,14-17,19H2,2-4H3,(H,32,33). The van der Waals surface area contributed by atoms with Crippen molar-refractivity contribution in [2.75, 3.05) is 6.61 Å². The Bertz CT molecular complexity index is 1030. The number of hydrogen-bond donors (Lipinski definition) is 1. The molecule has 1 N–H and O–H groups in total. The number of carbonyl (C=O) groups is 1. The normalized spacial score (nSPS) is 20.1. The summed E-state index contributed by atoms with van der Waals surface area (Å²) in [5, 5.41) is 4.81. The molecular weight excluding hydrogens is 425 g/mol. The van der Waals surface area contributed by atoms with Crippen LogP contribution in [0.1, 0.15) is 88.9 Å². The molecule has 0 spiro atoms. The van der Waals surface area contributed by atoms with Crippen LogP contribution in [-0.2, 0) is 0 Å². The zero-order chi connectivity index (χ0) is 24.3. The van der Waals surface area contributed by atoms with Crippen molar-refractivity contribution >= 4 is 16.7 Å². The number of hydrogen-bond acceptors (Lipinski definition) is 2. The van der Waals surface area contributed by atoms with Gasteiger partial charge in [-0.05, 0) is 92.4 Å². The lowest BCUT2D eigenvalue weighted by Gasteiger charge is -2.34. The number of fused-ring (bicyclic) bond motifs is 1. The predicted molar refractivity (Wildman–Crippen MR) is 138 cm³/mol. The Hall–Kier alpha value is -2.36. The Morgan fingerprint density at radius 3 is 2.50 bits per heavy atom. The zero-order valence-electron chi connectivity index (χ0n) is 21.1. The molecule has 3 nitrogen and oxygen atoms in total. The van der Waals surface area contributed by atoms with Crippen molar-refractivity contribution in [3.63, 3.8) is 0 Å². The molecule has 2 saturated carbocycles. The maximum Gasteiger partial charge on any atom is 0.255 e. The van der Waals surface area contributed by atoms with E-state index in [9.17, 15) is 9.18 Å². The van der Waals surface area contributed by atoms with Gasteiger partial charge >= 0.3 is 0 Å². The molecule has 2 aromatic rings. The van der Waals surface area contributed by atoms with Gasteiger partial charge in [0.2, 0.25) is 0 Å². The van der Waals surface area contributed by atoms with Crippen molar-refractivity contribution in [1.82, 2.24) is 5.32 Å². The summed E-state index contributed by atoms with van der Waals surface area (Å²) in [6.45, 7) is 11.4. The molecule has 4 rings (SSSR count). The van der Waals surface area contributed by atoms with E-state index in [1.54, 1.807) is 12.1 Å². The molecule has 4 heteroatoms. The van der Waals surface area contributed by atoms with Crippen LogP contribution < -0.4 is 10.1 Å². The third-order valence-corrected chi connectivity index (χ3v) is 8.04. The first-order valence-corrected chi connectivity index (χ1v) is 13.0. The Kier molecular flexibility index (Phi) is 7.64. The van der Waals surface area contributed by atoms with Crippen molar-refractivity contribution in [3.05, 3.63) is 53.9 Å². The van der Waals surface area contributed by atoms with Gasteiger partial charge < -0.3 is 10.1 Å². The van der Waals surface area contributed by atoms with Crippen LogP contribution in [0.5, 0.6) is 5.75 Å². The predicted octanol–water partition coefficient (Wildman–Crippen LogP) is 7.83. The third kappa shape index (κ3) is 5.82. The lowest BCUT2D eigenvalue weighted by atomic mass is 9.73. The highest BCUT2D eigenvalue weighted by Crippen LogP contribution is 2.39. The van der Waals surface area contributed by atoms with Gasteiger partial charge in [-0.3, -0.25) is 4.79 Å². The quantitative estimate of drug-likeness (QED) is 0.423. The van der Waals surface area contributed by atoms with Crippen LogP contribution in [0.15, 0.2) is 42.5 Å². The first-order valence-electron chi connectivity index (χ1n) is 13.0. The minimum Gasteiger partial charge on any atom is -0.492 e. The van der Waals surface area contributed by atoms with Gasteiger partial charge in [-0.15, -0.1) is 0 Å². The number of carbonyl (C=O) groups excluding carboxylic acids is 1. The topological polar surface area (TPSA) is 38.3 Å². The Labute approximate surface area is 204 Å². The molecule has 184 valence electrons. The molecule has 0 saturated heterocycles. The molecule has 2 fully saturated rings. The van der Waals surface area contributed by atoms with Crippen LogP contribution in [0.2, 0.25) is 0 Å². The summed E-state index contributed by atoms with van der Waals surface area (Å²) in [5.41, 5.74) is 1.92. The van der Waals surface area contributed by atoms with Gasteiger partial charge in [0.1, 0.15) is 11.6 Å². The third-order valence-electron chi connectivity index (χ3n) is 8.04. The molecule has 1 unspecified atom stereocenters. The maximum atomic E-state index is 13.9. The van der Waals surface area contributed by atoms with Gasteiger partial charge in [-0.25, -0.2) is 4.39 Å². The lowest BCUT2D eigenvalue weighted by molar-refractivity contribution is 0.0917. The number of amides is 1. The van der Waals surface area contributed by atoms with Gasteiger partial charge in [0, 0.05) is 5.39 Å². The van der Waals surface area contributed by atoms with Crippen molar-refractivity contribution in [3.8, 4) is 5.75 Å². The molecule has 2 aromatic carbocycles. The molecule has 2 aliphatic carbocycles. The largest absolute Gasteiger partial charge is 0.492 e. The highest BCUT2D eigenvalue weighted by Gasteiger charge is 2.29. The van der Waals surface area contributed by atoms with E-state index in [1.807, 2.05) is 13.0 Å². The van der Waals surface area contributed by atoms with Crippen molar-refractivity contribution in [1.29, 1.82) is 0 Å². The molecule has 0 aliphatic heterocycles. The minimum absolute atomic E-state index is 0.0369. The fourth-order valence-corrected chi connectivity index (χ4v) is 5.76. The minimum atomic E-state index is -0.287. The summed E-state index contributed by atoms with van der Waals surface area (Å²) in [4.78, 5) is 13.6. The first-order chi connectivity index (χ1) is 16.2. The van der Waals surface area contributed by atoms with Gasteiger partial charge in [0.25, 0.3) is 5.91 Å². The number of halogens is 1. The fourth-order valence-electron chi connectivity index (χ4n) is 5.76. The molecule has 2 aliphatic rings. The summed E-state index contributed by atoms with van der Waals surface area (Å²) in [6.07, 6.45) is 10.6. The van der Waals surface area contributed by atoms with E-state index >= 15 is 0 Å². The van der Waals surface area contributed by atoms with E-state index < -0.39 is 0 Å². The van der Waals surface area contributed by atoms with E-state index in [0.29, 0.717) is 35.2 Å². The molecule has 0 heterocycles. The SMILES string of the molecule is C=C(C)C(NC(=O)c1ccc2cc(F)ccc2c1OCC1CCC(C)(C)CC1)C1CCCCC1. The van der Waals surface area contributed by atoms with Crippen LogP contribution in [0.4, 0.5) is 4.39 Å². The molecule has 0 bridgehead atoms. The summed E-state index contributed by atoms with van der Waals surface area (Å²) < 4.78 is 20.3. The Morgan fingerprint density at radius 2 is 1.82 bits per heavy atom. The van der Waals surface area contributed by atoms with E-state index in [-0.39, 0.29) is 17.8 Å². The van der Waals surface area contributed by atoms with Gasteiger partial charge in [-0.2, -0.15) is 0 Å². The highest BCUT2D eigenvalue weighted by atomic mass is 19.1. The number of nitrogens with one attached hydrogen (secondary N) is 1. The molecule has 1 amide bonds. The second-order valence-corrected chi connectivity index (χ2v) is 11.4. The molecular formula is C30H40FNO2. The Morgan fingerprint density at radius 1 is 1.12 bits per heavy atom. The number of benzene rings is 2. The monoisotopic (exact) mass is 465 g/mol. The summed E-state index contributed by atoms with van der Waals surface area (Å²) in [7, 11) is 0. The zero-order valence-corrected chi connectivity index (χ0v) is 21.1. The van der Waals surface area contributed by atoms with Crippen molar-refractivity contribution in [2.45, 2.75) is 84.6 Å². The fraction of sp³-hybridized carbons (Fsp3) is 0.567. The maximum absolute atomic E-state index is 13.9. The van der Waals surface area contributed by atoms with Gasteiger partial charge in [0.05, 0.1) is 18.2 Å². The molecule has 0 radical (unpaired) electrons. The van der Waals surface area contributed by atoms with E-state index in [4.69, 9.17) is 4.74 Å². The molecule has 1 atom stereocenters. The average Bonchev–Trinajstić information content (AvgIpc) is 2.81. The van der Waals surface area contributed by atoms with Gasteiger partial charge in [0.15, 0.2) is 0 Å². The van der Waals surface area contributed by atoms with Crippen molar-refractivity contribution in [2.24, 2.45) is 17.3 Å². The smallest absolute Gasteiger partial charge is 0.255 e. The average molecular weight is 466 g/mol. The second kappa shape index (κ2) is 10.5. The second-order valence-electron chi connectivity index (χ2n) is 11.4. The number of ether oxygens (including phenoxy) is 1. The van der Waals surface area contributed by atoms with Crippen LogP contribution in [0.3, 0.4) is 0 Å². The van der Waals surface area contributed by atoms with Crippen LogP contribution >= 0.6 is 0 Å². The summed E-state index contributed by atoms with van der Waals surface area (Å²) >= 11 is 0. The van der Waals surface area contributed by atoms with Gasteiger partial charge in [-0.1, -0.05) is 51.3 Å². The van der Waals surface area contributed by atoms with Crippen LogP contribution in [0, 0.1) is 23.1 Å². The van der Waals surface area contributed by atoms with E-state index in [1.165, 1.54) is 44.2 Å². The van der Waals surface area contributed by atoms with Crippen LogP contribution in [0.25, 0.3) is 10.8 Å². The van der Waals surface area contributed by atoms with Crippen molar-refractivity contribution < 1.29 is 13.9 Å². The highest BCUT2D eigenvalue weighted by molar-refractivity contribution is 6.04. The van der Waals surface area contributed by atoms with E-state index in [0.717, 1.165) is 42.0 Å².